The van der Waals surface area contributed by atoms with E-state index in [0.29, 0.717) is 43.3 Å². The highest BCUT2D eigenvalue weighted by Crippen LogP contribution is 2.28. The molecule has 0 unspecified atom stereocenters. The molecule has 3 heterocycles. The van der Waals surface area contributed by atoms with Crippen LogP contribution in [0.1, 0.15) is 10.4 Å². The van der Waals surface area contributed by atoms with Crippen LogP contribution in [0.15, 0.2) is 42.7 Å². The smallest absolute Gasteiger partial charge is 0.337 e. The number of aromatic nitrogens is 1. The molecule has 0 spiro atoms. The zero-order valence-corrected chi connectivity index (χ0v) is 15.4. The zero-order chi connectivity index (χ0) is 19.5. The van der Waals surface area contributed by atoms with E-state index in [2.05, 4.69) is 9.72 Å². The van der Waals surface area contributed by atoms with Gasteiger partial charge in [0.05, 0.1) is 37.8 Å². The average Bonchev–Trinajstić information content (AvgIpc) is 3.04. The Hall–Kier alpha value is -2.71. The first kappa shape index (κ1) is 18.6. The summed E-state index contributed by atoms with van der Waals surface area (Å²) in [6, 6.07) is 8.38. The van der Waals surface area contributed by atoms with Crippen LogP contribution in [0.25, 0.3) is 0 Å². The Balaban J connectivity index is 1.34. The Kier molecular flexibility index (Phi) is 5.40. The van der Waals surface area contributed by atoms with Crippen molar-refractivity contribution in [3.63, 3.8) is 0 Å². The minimum atomic E-state index is -0.393. The normalized spacial score (nSPS) is 22.4. The third kappa shape index (κ3) is 3.93. The summed E-state index contributed by atoms with van der Waals surface area (Å²) < 4.78 is 36.5. The van der Waals surface area contributed by atoms with Gasteiger partial charge in [0.2, 0.25) is 0 Å². The molecule has 0 aliphatic carbocycles. The number of methoxy groups -OCH3 is 1. The lowest BCUT2D eigenvalue weighted by atomic mass is 10.2. The van der Waals surface area contributed by atoms with Crippen molar-refractivity contribution >= 4 is 11.7 Å². The van der Waals surface area contributed by atoms with E-state index in [4.69, 9.17) is 14.2 Å². The van der Waals surface area contributed by atoms with Crippen LogP contribution in [0.4, 0.5) is 10.1 Å². The van der Waals surface area contributed by atoms with Gasteiger partial charge in [0.1, 0.15) is 24.1 Å². The van der Waals surface area contributed by atoms with E-state index in [9.17, 15) is 9.18 Å². The molecule has 1 aromatic heterocycles. The van der Waals surface area contributed by atoms with Crippen LogP contribution in [-0.4, -0.2) is 62.7 Å². The summed E-state index contributed by atoms with van der Waals surface area (Å²) in [6.45, 7) is 1.83. The second kappa shape index (κ2) is 8.12. The number of nitrogens with zero attached hydrogens (tertiary/aromatic N) is 2. The predicted octanol–water partition coefficient (Wildman–Crippen LogP) is 2.06. The van der Waals surface area contributed by atoms with Gasteiger partial charge in [-0.15, -0.1) is 0 Å². The van der Waals surface area contributed by atoms with E-state index in [1.165, 1.54) is 13.3 Å². The lowest BCUT2D eigenvalue weighted by Gasteiger charge is -2.21. The first-order valence-electron chi connectivity index (χ1n) is 9.06. The molecule has 2 aliphatic rings. The number of hydrogen-bond donors (Lipinski definition) is 0. The number of ether oxygens (including phenoxy) is 4. The average molecular weight is 388 g/mol. The fourth-order valence-electron chi connectivity index (χ4n) is 3.44. The molecule has 2 saturated heterocycles. The van der Waals surface area contributed by atoms with Gasteiger partial charge >= 0.3 is 5.97 Å². The van der Waals surface area contributed by atoms with Crippen molar-refractivity contribution < 1.29 is 28.1 Å². The Morgan fingerprint density at radius 2 is 1.82 bits per heavy atom. The Morgan fingerprint density at radius 3 is 2.43 bits per heavy atom. The van der Waals surface area contributed by atoms with Crippen molar-refractivity contribution in [1.82, 2.24) is 4.98 Å². The highest BCUT2D eigenvalue weighted by atomic mass is 19.1. The van der Waals surface area contributed by atoms with Gasteiger partial charge in [-0.2, -0.15) is 0 Å². The van der Waals surface area contributed by atoms with E-state index in [-0.39, 0.29) is 24.1 Å². The molecule has 0 N–H and O–H groups in total. The van der Waals surface area contributed by atoms with Crippen LogP contribution in [0.2, 0.25) is 0 Å². The Bertz CT molecular complexity index is 816. The molecule has 28 heavy (non-hydrogen) atoms. The van der Waals surface area contributed by atoms with Crippen molar-refractivity contribution in [1.29, 1.82) is 0 Å². The van der Waals surface area contributed by atoms with Gasteiger partial charge in [-0.05, 0) is 30.3 Å². The molecule has 0 amide bonds. The highest BCUT2D eigenvalue weighted by Gasteiger charge is 2.38. The van der Waals surface area contributed by atoms with Crippen LogP contribution in [0.3, 0.4) is 0 Å². The Labute approximate surface area is 162 Å². The van der Waals surface area contributed by atoms with Gasteiger partial charge in [0.15, 0.2) is 5.82 Å². The number of hydrogen-bond acceptors (Lipinski definition) is 7. The summed E-state index contributed by atoms with van der Waals surface area (Å²) in [6.07, 6.45) is 2.22. The number of rotatable bonds is 4. The quantitative estimate of drug-likeness (QED) is 0.743. The lowest BCUT2D eigenvalue weighted by Crippen LogP contribution is -2.29. The van der Waals surface area contributed by atoms with Crippen molar-refractivity contribution in [3.05, 3.63) is 54.1 Å². The van der Waals surface area contributed by atoms with Gasteiger partial charge in [-0.3, -0.25) is 4.98 Å². The molecule has 2 fully saturated rings. The minimum absolute atomic E-state index is 0.150. The SMILES string of the molecule is COC(=O)c1ccc(OC2CO[C@H]3CN(c4ccncc4F)C[C@@H]3OC2)cc1. The molecular weight excluding hydrogens is 367 g/mol. The van der Waals surface area contributed by atoms with Crippen LogP contribution in [-0.2, 0) is 14.2 Å². The van der Waals surface area contributed by atoms with Gasteiger partial charge in [0.25, 0.3) is 0 Å². The maximum absolute atomic E-state index is 14.0. The van der Waals surface area contributed by atoms with E-state index >= 15 is 0 Å². The lowest BCUT2D eigenvalue weighted by molar-refractivity contribution is -0.00461. The van der Waals surface area contributed by atoms with E-state index in [1.54, 1.807) is 36.5 Å². The summed E-state index contributed by atoms with van der Waals surface area (Å²) in [4.78, 5) is 17.2. The minimum Gasteiger partial charge on any atom is -0.486 e. The molecule has 7 nitrogen and oxygen atoms in total. The number of pyridine rings is 1. The molecule has 8 heteroatoms. The molecule has 1 aromatic carbocycles. The van der Waals surface area contributed by atoms with Crippen molar-refractivity contribution in [2.24, 2.45) is 0 Å². The summed E-state index contributed by atoms with van der Waals surface area (Å²) >= 11 is 0. The molecule has 2 aromatic rings. The number of carbonyl (C=O) groups excluding carboxylic acids is 1. The standard InChI is InChI=1S/C20H21FN2O5/c1-25-20(24)13-2-4-14(5-3-13)28-15-11-26-18-9-23(10-19(18)27-12-15)17-6-7-22-8-16(17)21/h2-8,15,18-19H,9-12H2,1H3/t18-,19-/m0/s1. The third-order valence-corrected chi connectivity index (χ3v) is 4.88. The summed E-state index contributed by atoms with van der Waals surface area (Å²) in [7, 11) is 1.34. The monoisotopic (exact) mass is 388 g/mol. The summed E-state index contributed by atoms with van der Waals surface area (Å²) in [5.74, 6) is -0.122. The van der Waals surface area contributed by atoms with Crippen LogP contribution in [0.5, 0.6) is 5.75 Å². The fraction of sp³-hybridized carbons (Fsp3) is 0.400. The first-order chi connectivity index (χ1) is 13.6. The fourth-order valence-corrected chi connectivity index (χ4v) is 3.44. The van der Waals surface area contributed by atoms with Gasteiger partial charge < -0.3 is 23.8 Å². The van der Waals surface area contributed by atoms with E-state index in [0.717, 1.165) is 0 Å². The number of carbonyl (C=O) groups is 1. The van der Waals surface area contributed by atoms with Crippen LogP contribution in [0, 0.1) is 5.82 Å². The van der Waals surface area contributed by atoms with Crippen molar-refractivity contribution in [3.8, 4) is 5.75 Å². The molecule has 0 radical (unpaired) electrons. The number of halogens is 1. The number of anilines is 1. The number of esters is 1. The van der Waals surface area contributed by atoms with E-state index in [1.807, 2.05) is 4.90 Å². The second-order valence-corrected chi connectivity index (χ2v) is 6.73. The number of benzene rings is 1. The molecule has 4 rings (SSSR count). The topological polar surface area (TPSA) is 70.1 Å². The van der Waals surface area contributed by atoms with Gasteiger partial charge in [0, 0.05) is 19.3 Å². The highest BCUT2D eigenvalue weighted by molar-refractivity contribution is 5.89. The second-order valence-electron chi connectivity index (χ2n) is 6.73. The third-order valence-electron chi connectivity index (χ3n) is 4.88. The van der Waals surface area contributed by atoms with Crippen LogP contribution >= 0.6 is 0 Å². The maximum atomic E-state index is 14.0. The molecule has 0 bridgehead atoms. The predicted molar refractivity (Wildman–Crippen MR) is 98.1 cm³/mol. The first-order valence-corrected chi connectivity index (χ1v) is 9.06. The molecule has 148 valence electrons. The van der Waals surface area contributed by atoms with Crippen LogP contribution < -0.4 is 9.64 Å². The Morgan fingerprint density at radius 1 is 1.14 bits per heavy atom. The maximum Gasteiger partial charge on any atom is 0.337 e. The largest absolute Gasteiger partial charge is 0.486 e. The van der Waals surface area contributed by atoms with Gasteiger partial charge in [-0.25, -0.2) is 9.18 Å². The molecule has 2 aliphatic heterocycles. The molecule has 0 saturated carbocycles. The molecular formula is C20H21FN2O5. The van der Waals surface area contributed by atoms with Crippen molar-refractivity contribution in [2.75, 3.05) is 38.3 Å². The number of fused-ring (bicyclic) bond motifs is 1. The zero-order valence-electron chi connectivity index (χ0n) is 15.4. The summed E-state index contributed by atoms with van der Waals surface area (Å²) in [5.41, 5.74) is 0.968. The summed E-state index contributed by atoms with van der Waals surface area (Å²) in [5, 5.41) is 0. The molecule has 2 atom stereocenters. The van der Waals surface area contributed by atoms with E-state index < -0.39 is 5.97 Å². The van der Waals surface area contributed by atoms with Gasteiger partial charge in [-0.1, -0.05) is 0 Å². The van der Waals surface area contributed by atoms with Crippen molar-refractivity contribution in [2.45, 2.75) is 18.3 Å².